The molecule has 0 bridgehead atoms. The second-order valence-corrected chi connectivity index (χ2v) is 5.03. The van der Waals surface area contributed by atoms with E-state index in [1.807, 2.05) is 13.8 Å². The Balaban J connectivity index is 2.73. The Morgan fingerprint density at radius 3 is 2.71 bits per heavy atom. The average Bonchev–Trinajstić information content (AvgIpc) is 2.15. The van der Waals surface area contributed by atoms with Gasteiger partial charge in [-0.25, -0.2) is 0 Å². The summed E-state index contributed by atoms with van der Waals surface area (Å²) in [5.41, 5.74) is 0.587. The highest BCUT2D eigenvalue weighted by Gasteiger charge is 2.14. The minimum absolute atomic E-state index is 0.0124. The van der Waals surface area contributed by atoms with Gasteiger partial charge in [-0.2, -0.15) is 0 Å². The van der Waals surface area contributed by atoms with Gasteiger partial charge in [-0.05, 0) is 27.2 Å². The number of aromatic amines is 1. The molecule has 94 valence electrons. The summed E-state index contributed by atoms with van der Waals surface area (Å²) in [5.74, 6) is -0.365. The van der Waals surface area contributed by atoms with Crippen LogP contribution in [-0.2, 0) is 0 Å². The van der Waals surface area contributed by atoms with Crippen LogP contribution < -0.4 is 10.7 Å². The SMILES string of the molecule is Cc1cc(=O)c(C(=O)NC(C)CC(C)Cl)c[nH]1. The van der Waals surface area contributed by atoms with Gasteiger partial charge in [-0.15, -0.1) is 11.6 Å². The quantitative estimate of drug-likeness (QED) is 0.808. The van der Waals surface area contributed by atoms with E-state index in [9.17, 15) is 9.59 Å². The molecule has 0 radical (unpaired) electrons. The van der Waals surface area contributed by atoms with Gasteiger partial charge >= 0.3 is 0 Å². The number of alkyl halides is 1. The molecule has 1 aromatic rings. The van der Waals surface area contributed by atoms with E-state index in [2.05, 4.69) is 10.3 Å². The molecule has 0 fully saturated rings. The highest BCUT2D eigenvalue weighted by molar-refractivity contribution is 6.20. The molecule has 0 saturated carbocycles. The smallest absolute Gasteiger partial charge is 0.256 e. The van der Waals surface area contributed by atoms with Crippen LogP contribution in [0, 0.1) is 6.92 Å². The van der Waals surface area contributed by atoms with Crippen molar-refractivity contribution in [3.05, 3.63) is 33.7 Å². The van der Waals surface area contributed by atoms with Crippen LogP contribution in [0.5, 0.6) is 0 Å². The fraction of sp³-hybridized carbons (Fsp3) is 0.500. The van der Waals surface area contributed by atoms with Gasteiger partial charge in [0.2, 0.25) is 0 Å². The lowest BCUT2D eigenvalue weighted by Crippen LogP contribution is -2.36. The number of pyridine rings is 1. The Hall–Kier alpha value is -1.29. The van der Waals surface area contributed by atoms with Crippen molar-refractivity contribution in [2.24, 2.45) is 0 Å². The largest absolute Gasteiger partial charge is 0.364 e. The number of H-pyrrole nitrogens is 1. The summed E-state index contributed by atoms with van der Waals surface area (Å²) in [6, 6.07) is 1.35. The van der Waals surface area contributed by atoms with E-state index in [1.54, 1.807) is 6.92 Å². The van der Waals surface area contributed by atoms with Crippen molar-refractivity contribution in [3.8, 4) is 0 Å². The summed E-state index contributed by atoms with van der Waals surface area (Å²) in [6.45, 7) is 5.49. The second-order valence-electron chi connectivity index (χ2n) is 4.28. The van der Waals surface area contributed by atoms with Crippen LogP contribution in [0.1, 0.15) is 36.3 Å². The van der Waals surface area contributed by atoms with Crippen LogP contribution in [0.25, 0.3) is 0 Å². The molecule has 17 heavy (non-hydrogen) atoms. The van der Waals surface area contributed by atoms with Gasteiger partial charge in [0, 0.05) is 29.4 Å². The van der Waals surface area contributed by atoms with Crippen LogP contribution >= 0.6 is 11.6 Å². The molecule has 4 nitrogen and oxygen atoms in total. The Bertz CT molecular complexity index is 454. The van der Waals surface area contributed by atoms with Gasteiger partial charge in [0.25, 0.3) is 5.91 Å². The average molecular weight is 257 g/mol. The third-order valence-electron chi connectivity index (χ3n) is 2.36. The first-order valence-corrected chi connectivity index (χ1v) is 5.98. The number of nitrogens with one attached hydrogen (secondary N) is 2. The predicted octanol–water partition coefficient (Wildman–Crippen LogP) is 1.82. The Morgan fingerprint density at radius 2 is 2.18 bits per heavy atom. The van der Waals surface area contributed by atoms with Crippen LogP contribution in [0.3, 0.4) is 0 Å². The van der Waals surface area contributed by atoms with Crippen molar-refractivity contribution in [1.29, 1.82) is 0 Å². The highest BCUT2D eigenvalue weighted by atomic mass is 35.5. The number of aromatic nitrogens is 1. The number of carbonyl (C=O) groups is 1. The van der Waals surface area contributed by atoms with Crippen molar-refractivity contribution in [2.75, 3.05) is 0 Å². The van der Waals surface area contributed by atoms with Crippen molar-refractivity contribution >= 4 is 17.5 Å². The van der Waals surface area contributed by atoms with Crippen molar-refractivity contribution in [2.45, 2.75) is 38.6 Å². The maximum atomic E-state index is 11.8. The lowest BCUT2D eigenvalue weighted by Gasteiger charge is -2.14. The molecule has 0 saturated heterocycles. The van der Waals surface area contributed by atoms with Crippen LogP contribution in [0.4, 0.5) is 0 Å². The minimum Gasteiger partial charge on any atom is -0.364 e. The molecule has 1 aromatic heterocycles. The Morgan fingerprint density at radius 1 is 1.53 bits per heavy atom. The number of halogens is 1. The number of aryl methyl sites for hydroxylation is 1. The van der Waals surface area contributed by atoms with E-state index in [1.165, 1.54) is 12.3 Å². The topological polar surface area (TPSA) is 62.0 Å². The number of amides is 1. The highest BCUT2D eigenvalue weighted by Crippen LogP contribution is 2.04. The summed E-state index contributed by atoms with van der Waals surface area (Å²) < 4.78 is 0. The Kier molecular flexibility index (Phi) is 4.75. The van der Waals surface area contributed by atoms with E-state index in [4.69, 9.17) is 11.6 Å². The summed E-state index contributed by atoms with van der Waals surface area (Å²) in [5, 5.41) is 2.73. The molecule has 0 spiro atoms. The molecule has 0 aromatic carbocycles. The van der Waals surface area contributed by atoms with Gasteiger partial charge in [0.05, 0.1) is 0 Å². The van der Waals surface area contributed by atoms with Gasteiger partial charge in [0.1, 0.15) is 5.56 Å². The number of carbonyl (C=O) groups excluding carboxylic acids is 1. The van der Waals surface area contributed by atoms with E-state index in [0.717, 1.165) is 5.69 Å². The van der Waals surface area contributed by atoms with Crippen LogP contribution in [0.2, 0.25) is 0 Å². The third kappa shape index (κ3) is 4.23. The van der Waals surface area contributed by atoms with E-state index in [0.29, 0.717) is 6.42 Å². The zero-order valence-electron chi connectivity index (χ0n) is 10.2. The van der Waals surface area contributed by atoms with Crippen LogP contribution in [-0.4, -0.2) is 22.3 Å². The second kappa shape index (κ2) is 5.87. The molecule has 2 unspecified atom stereocenters. The molecule has 1 amide bonds. The minimum atomic E-state index is -0.365. The zero-order chi connectivity index (χ0) is 13.0. The first-order chi connectivity index (χ1) is 7.90. The summed E-state index contributed by atoms with van der Waals surface area (Å²) in [4.78, 5) is 26.2. The molecule has 2 atom stereocenters. The van der Waals surface area contributed by atoms with Crippen molar-refractivity contribution in [1.82, 2.24) is 10.3 Å². The fourth-order valence-electron chi connectivity index (χ4n) is 1.60. The van der Waals surface area contributed by atoms with E-state index in [-0.39, 0.29) is 28.3 Å². The number of hydrogen-bond donors (Lipinski definition) is 2. The van der Waals surface area contributed by atoms with Crippen molar-refractivity contribution < 1.29 is 4.79 Å². The first kappa shape index (κ1) is 13.8. The summed E-state index contributed by atoms with van der Waals surface area (Å²) in [6.07, 6.45) is 2.10. The maximum absolute atomic E-state index is 11.8. The van der Waals surface area contributed by atoms with Gasteiger partial charge < -0.3 is 10.3 Å². The lowest BCUT2D eigenvalue weighted by molar-refractivity contribution is 0.0937. The molecular weight excluding hydrogens is 240 g/mol. The molecule has 0 aliphatic carbocycles. The van der Waals surface area contributed by atoms with E-state index < -0.39 is 0 Å². The van der Waals surface area contributed by atoms with Crippen LogP contribution in [0.15, 0.2) is 17.1 Å². The zero-order valence-corrected chi connectivity index (χ0v) is 11.0. The predicted molar refractivity (Wildman–Crippen MR) is 68.7 cm³/mol. The van der Waals surface area contributed by atoms with Gasteiger partial charge in [-0.3, -0.25) is 9.59 Å². The number of rotatable bonds is 4. The molecule has 1 heterocycles. The summed E-state index contributed by atoms with van der Waals surface area (Å²) >= 11 is 5.83. The standard InChI is InChI=1S/C12H17ClN2O2/c1-7(13)4-9(3)15-12(17)10-6-14-8(2)5-11(10)16/h5-7,9H,4H2,1-3H3,(H,14,16)(H,15,17). The Labute approximate surface area is 105 Å². The lowest BCUT2D eigenvalue weighted by atomic mass is 10.1. The first-order valence-electron chi connectivity index (χ1n) is 5.54. The molecule has 0 aliphatic heterocycles. The van der Waals surface area contributed by atoms with E-state index >= 15 is 0 Å². The molecule has 0 aliphatic rings. The monoisotopic (exact) mass is 256 g/mol. The summed E-state index contributed by atoms with van der Waals surface area (Å²) in [7, 11) is 0. The molecule has 1 rings (SSSR count). The third-order valence-corrected chi connectivity index (χ3v) is 2.54. The van der Waals surface area contributed by atoms with Crippen molar-refractivity contribution in [3.63, 3.8) is 0 Å². The molecule has 2 N–H and O–H groups in total. The molecular formula is C12H17ClN2O2. The molecule has 5 heteroatoms. The van der Waals surface area contributed by atoms with Gasteiger partial charge in [0.15, 0.2) is 5.43 Å². The normalized spacial score (nSPS) is 14.1. The maximum Gasteiger partial charge on any atom is 0.256 e. The fourth-order valence-corrected chi connectivity index (χ4v) is 1.87. The van der Waals surface area contributed by atoms with Gasteiger partial charge in [-0.1, -0.05) is 0 Å². The number of hydrogen-bond acceptors (Lipinski definition) is 2.